The minimum Gasteiger partial charge on any atom is -0.349 e. The molecule has 0 saturated heterocycles. The first-order chi connectivity index (χ1) is 10.3. The molecule has 0 bridgehead atoms. The van der Waals surface area contributed by atoms with Gasteiger partial charge in [0.05, 0.1) is 0 Å². The normalized spacial score (nSPS) is 14.3. The van der Waals surface area contributed by atoms with E-state index in [0.717, 1.165) is 35.1 Å². The van der Waals surface area contributed by atoms with Crippen LogP contribution in [0.25, 0.3) is 22.3 Å². The molecule has 1 aromatic carbocycles. The molecule has 21 heavy (non-hydrogen) atoms. The van der Waals surface area contributed by atoms with Crippen molar-refractivity contribution in [2.45, 2.75) is 18.9 Å². The maximum absolute atomic E-state index is 12.0. The van der Waals surface area contributed by atoms with Crippen LogP contribution in [0.3, 0.4) is 0 Å². The molecule has 1 amide bonds. The molecule has 0 unspecified atom stereocenters. The molecule has 4 nitrogen and oxygen atoms in total. The lowest BCUT2D eigenvalue weighted by Gasteiger charge is -2.04. The topological polar surface area (TPSA) is 57.8 Å². The third-order valence-corrected chi connectivity index (χ3v) is 3.76. The summed E-state index contributed by atoms with van der Waals surface area (Å²) in [5.74, 6) is 0.0161. The number of hydrogen-bond donors (Lipinski definition) is 2. The number of rotatable bonds is 3. The van der Waals surface area contributed by atoms with Crippen molar-refractivity contribution in [3.63, 3.8) is 0 Å². The van der Waals surface area contributed by atoms with Crippen molar-refractivity contribution >= 4 is 16.9 Å². The molecule has 0 spiro atoms. The van der Waals surface area contributed by atoms with E-state index in [-0.39, 0.29) is 5.91 Å². The first-order valence-electron chi connectivity index (χ1n) is 7.15. The van der Waals surface area contributed by atoms with Crippen molar-refractivity contribution in [2.75, 3.05) is 0 Å². The van der Waals surface area contributed by atoms with Crippen molar-refractivity contribution in [3.05, 3.63) is 54.2 Å². The van der Waals surface area contributed by atoms with Gasteiger partial charge in [-0.15, -0.1) is 0 Å². The molecule has 2 aromatic heterocycles. The van der Waals surface area contributed by atoms with E-state index >= 15 is 0 Å². The largest absolute Gasteiger partial charge is 0.349 e. The predicted octanol–water partition coefficient (Wildman–Crippen LogP) is 3.12. The quantitative estimate of drug-likeness (QED) is 0.772. The average Bonchev–Trinajstić information content (AvgIpc) is 3.22. The monoisotopic (exact) mass is 277 g/mol. The van der Waals surface area contributed by atoms with Gasteiger partial charge in [-0.3, -0.25) is 4.79 Å². The van der Waals surface area contributed by atoms with Gasteiger partial charge in [-0.1, -0.05) is 12.1 Å². The van der Waals surface area contributed by atoms with E-state index in [1.165, 1.54) is 0 Å². The Kier molecular flexibility index (Phi) is 2.74. The van der Waals surface area contributed by atoms with Crippen LogP contribution in [0.15, 0.2) is 48.7 Å². The summed E-state index contributed by atoms with van der Waals surface area (Å²) in [4.78, 5) is 19.5. The zero-order valence-corrected chi connectivity index (χ0v) is 11.5. The summed E-state index contributed by atoms with van der Waals surface area (Å²) >= 11 is 0. The molecule has 4 rings (SSSR count). The SMILES string of the molecule is O=C(NC1CC1)c1ccc(-c2cc3cccnc3[nH]2)cc1. The second-order valence-electron chi connectivity index (χ2n) is 5.45. The van der Waals surface area contributed by atoms with E-state index in [2.05, 4.69) is 21.4 Å². The van der Waals surface area contributed by atoms with Crippen LogP contribution in [0.4, 0.5) is 0 Å². The predicted molar refractivity (Wildman–Crippen MR) is 82.0 cm³/mol. The fourth-order valence-corrected chi connectivity index (χ4v) is 2.41. The number of carbonyl (C=O) groups excluding carboxylic acids is 1. The third kappa shape index (κ3) is 2.40. The van der Waals surface area contributed by atoms with E-state index in [1.54, 1.807) is 6.20 Å². The molecule has 1 aliphatic rings. The summed E-state index contributed by atoms with van der Waals surface area (Å²) in [5.41, 5.74) is 3.65. The van der Waals surface area contributed by atoms with Gasteiger partial charge in [-0.05, 0) is 48.7 Å². The number of aromatic amines is 1. The Labute approximate surface area is 122 Å². The Morgan fingerprint density at radius 3 is 2.71 bits per heavy atom. The van der Waals surface area contributed by atoms with Crippen molar-refractivity contribution in [2.24, 2.45) is 0 Å². The summed E-state index contributed by atoms with van der Waals surface area (Å²) in [7, 11) is 0. The summed E-state index contributed by atoms with van der Waals surface area (Å²) in [6, 6.07) is 14.1. The van der Waals surface area contributed by atoms with Gasteiger partial charge in [0.25, 0.3) is 5.91 Å². The average molecular weight is 277 g/mol. The number of nitrogens with zero attached hydrogens (tertiary/aromatic N) is 1. The van der Waals surface area contributed by atoms with Crippen LogP contribution in [0, 0.1) is 0 Å². The molecule has 2 heterocycles. The molecule has 104 valence electrons. The highest BCUT2D eigenvalue weighted by Gasteiger charge is 2.23. The fraction of sp³-hybridized carbons (Fsp3) is 0.176. The second-order valence-corrected chi connectivity index (χ2v) is 5.45. The summed E-state index contributed by atoms with van der Waals surface area (Å²) in [6.45, 7) is 0. The number of hydrogen-bond acceptors (Lipinski definition) is 2. The molecule has 3 aromatic rings. The van der Waals surface area contributed by atoms with Crippen LogP contribution in [0.1, 0.15) is 23.2 Å². The second kappa shape index (κ2) is 4.74. The number of carbonyl (C=O) groups is 1. The van der Waals surface area contributed by atoms with Gasteiger partial charge in [0.1, 0.15) is 5.65 Å². The molecule has 0 atom stereocenters. The number of pyridine rings is 1. The summed E-state index contributed by atoms with van der Waals surface area (Å²) in [6.07, 6.45) is 3.98. The minimum atomic E-state index is 0.0161. The molecule has 4 heteroatoms. The standard InChI is InChI=1S/C17H15N3O/c21-17(19-14-7-8-14)12-5-3-11(4-6-12)15-10-13-2-1-9-18-16(13)20-15/h1-6,9-10,14H,7-8H2,(H,18,20)(H,19,21). The molecule has 2 N–H and O–H groups in total. The molecule has 1 aliphatic carbocycles. The van der Waals surface area contributed by atoms with E-state index in [0.29, 0.717) is 11.6 Å². The maximum Gasteiger partial charge on any atom is 0.251 e. The van der Waals surface area contributed by atoms with Crippen LogP contribution in [-0.4, -0.2) is 21.9 Å². The van der Waals surface area contributed by atoms with Gasteiger partial charge in [0, 0.05) is 28.9 Å². The zero-order valence-electron chi connectivity index (χ0n) is 11.5. The Morgan fingerprint density at radius 1 is 1.19 bits per heavy atom. The van der Waals surface area contributed by atoms with Gasteiger partial charge in [0.2, 0.25) is 0 Å². The lowest BCUT2D eigenvalue weighted by Crippen LogP contribution is -2.25. The number of nitrogens with one attached hydrogen (secondary N) is 2. The number of amides is 1. The van der Waals surface area contributed by atoms with Crippen molar-refractivity contribution < 1.29 is 4.79 Å². The highest BCUT2D eigenvalue weighted by atomic mass is 16.1. The summed E-state index contributed by atoms with van der Waals surface area (Å²) in [5, 5.41) is 4.08. The van der Waals surface area contributed by atoms with Gasteiger partial charge < -0.3 is 10.3 Å². The molecule has 1 saturated carbocycles. The van der Waals surface area contributed by atoms with E-state index in [9.17, 15) is 4.79 Å². The van der Waals surface area contributed by atoms with Crippen molar-refractivity contribution in [1.29, 1.82) is 0 Å². The lowest BCUT2D eigenvalue weighted by atomic mass is 10.1. The lowest BCUT2D eigenvalue weighted by molar-refractivity contribution is 0.0951. The van der Waals surface area contributed by atoms with Crippen molar-refractivity contribution in [3.8, 4) is 11.3 Å². The van der Waals surface area contributed by atoms with Gasteiger partial charge >= 0.3 is 0 Å². The van der Waals surface area contributed by atoms with Crippen LogP contribution in [-0.2, 0) is 0 Å². The Morgan fingerprint density at radius 2 is 2.00 bits per heavy atom. The minimum absolute atomic E-state index is 0.0161. The van der Waals surface area contributed by atoms with Gasteiger partial charge in [-0.25, -0.2) is 4.98 Å². The maximum atomic E-state index is 12.0. The molecule has 1 fully saturated rings. The first-order valence-corrected chi connectivity index (χ1v) is 7.15. The van der Waals surface area contributed by atoms with E-state index < -0.39 is 0 Å². The smallest absolute Gasteiger partial charge is 0.251 e. The zero-order chi connectivity index (χ0) is 14.2. The first kappa shape index (κ1) is 12.1. The van der Waals surface area contributed by atoms with Crippen LogP contribution < -0.4 is 5.32 Å². The fourth-order valence-electron chi connectivity index (χ4n) is 2.41. The summed E-state index contributed by atoms with van der Waals surface area (Å²) < 4.78 is 0. The molecular formula is C17H15N3O. The van der Waals surface area contributed by atoms with E-state index in [4.69, 9.17) is 0 Å². The number of benzene rings is 1. The Hall–Kier alpha value is -2.62. The number of H-pyrrole nitrogens is 1. The third-order valence-electron chi connectivity index (χ3n) is 3.76. The molecular weight excluding hydrogens is 262 g/mol. The van der Waals surface area contributed by atoms with Crippen LogP contribution >= 0.6 is 0 Å². The van der Waals surface area contributed by atoms with Crippen molar-refractivity contribution in [1.82, 2.24) is 15.3 Å². The van der Waals surface area contributed by atoms with E-state index in [1.807, 2.05) is 36.4 Å². The van der Waals surface area contributed by atoms with Crippen LogP contribution in [0.2, 0.25) is 0 Å². The molecule has 0 aliphatic heterocycles. The van der Waals surface area contributed by atoms with Gasteiger partial charge in [-0.2, -0.15) is 0 Å². The highest BCUT2D eigenvalue weighted by molar-refractivity contribution is 5.95. The Balaban J connectivity index is 1.61. The van der Waals surface area contributed by atoms with Gasteiger partial charge in [0.15, 0.2) is 0 Å². The highest BCUT2D eigenvalue weighted by Crippen LogP contribution is 2.24. The number of aromatic nitrogens is 2. The number of fused-ring (bicyclic) bond motifs is 1. The molecule has 0 radical (unpaired) electrons. The Bertz CT molecular complexity index is 767. The van der Waals surface area contributed by atoms with Crippen LogP contribution in [0.5, 0.6) is 0 Å².